The van der Waals surface area contributed by atoms with Crippen molar-refractivity contribution in [2.75, 3.05) is 17.1 Å². The number of amides is 1. The van der Waals surface area contributed by atoms with Crippen LogP contribution in [0.25, 0.3) is 0 Å². The summed E-state index contributed by atoms with van der Waals surface area (Å²) in [7, 11) is -2.16. The molecule has 0 atom stereocenters. The van der Waals surface area contributed by atoms with E-state index in [2.05, 4.69) is 10.0 Å². The van der Waals surface area contributed by atoms with E-state index in [0.29, 0.717) is 28.3 Å². The Balaban J connectivity index is 1.81. The van der Waals surface area contributed by atoms with Crippen LogP contribution in [0.15, 0.2) is 71.6 Å². The number of aryl methyl sites for hydroxylation is 2. The fourth-order valence-corrected chi connectivity index (χ4v) is 3.99. The Morgan fingerprint density at radius 3 is 2.28 bits per heavy atom. The summed E-state index contributed by atoms with van der Waals surface area (Å²) in [6.07, 6.45) is 0. The van der Waals surface area contributed by atoms with Gasteiger partial charge in [-0.05, 0) is 67.4 Å². The van der Waals surface area contributed by atoms with Gasteiger partial charge in [-0.1, -0.05) is 24.3 Å². The Morgan fingerprint density at radius 2 is 1.62 bits per heavy atom. The molecule has 3 aromatic rings. The lowest BCUT2D eigenvalue weighted by atomic mass is 10.1. The second-order valence-electron chi connectivity index (χ2n) is 6.61. The Bertz CT molecular complexity index is 1140. The molecule has 29 heavy (non-hydrogen) atoms. The number of hydrogen-bond acceptors (Lipinski definition) is 4. The van der Waals surface area contributed by atoms with E-state index in [0.717, 1.165) is 5.56 Å². The summed E-state index contributed by atoms with van der Waals surface area (Å²) in [6.45, 7) is 3.67. The van der Waals surface area contributed by atoms with Crippen LogP contribution in [0.5, 0.6) is 5.75 Å². The van der Waals surface area contributed by atoms with Crippen molar-refractivity contribution in [3.05, 3.63) is 83.4 Å². The number of benzene rings is 3. The molecule has 2 N–H and O–H groups in total. The molecular formula is C22H22N2O4S. The minimum Gasteiger partial charge on any atom is -0.495 e. The van der Waals surface area contributed by atoms with Crippen LogP contribution in [0.4, 0.5) is 11.4 Å². The molecule has 7 heteroatoms. The lowest BCUT2D eigenvalue weighted by Crippen LogP contribution is -2.15. The third-order valence-corrected chi connectivity index (χ3v) is 5.77. The van der Waals surface area contributed by atoms with E-state index < -0.39 is 10.0 Å². The molecule has 0 fully saturated rings. The van der Waals surface area contributed by atoms with Gasteiger partial charge in [-0.3, -0.25) is 9.52 Å². The van der Waals surface area contributed by atoms with Gasteiger partial charge < -0.3 is 10.1 Å². The van der Waals surface area contributed by atoms with Crippen LogP contribution in [0.3, 0.4) is 0 Å². The maximum Gasteiger partial charge on any atom is 0.261 e. The van der Waals surface area contributed by atoms with Gasteiger partial charge in [0.05, 0.1) is 23.4 Å². The summed E-state index contributed by atoms with van der Waals surface area (Å²) in [5.41, 5.74) is 3.02. The molecular weight excluding hydrogens is 388 g/mol. The summed E-state index contributed by atoms with van der Waals surface area (Å²) < 4.78 is 32.9. The van der Waals surface area contributed by atoms with Crippen LogP contribution in [0.2, 0.25) is 0 Å². The Kier molecular flexibility index (Phi) is 5.89. The zero-order valence-electron chi connectivity index (χ0n) is 16.4. The SMILES string of the molecule is COc1ccc(C)cc1NC(=O)c1ccc(NS(=O)(=O)c2ccccc2)c(C)c1. The largest absolute Gasteiger partial charge is 0.495 e. The Morgan fingerprint density at radius 1 is 0.897 bits per heavy atom. The molecule has 0 unspecified atom stereocenters. The number of methoxy groups -OCH3 is 1. The van der Waals surface area contributed by atoms with Crippen molar-refractivity contribution in [2.24, 2.45) is 0 Å². The Labute approximate surface area is 170 Å². The van der Waals surface area contributed by atoms with E-state index in [9.17, 15) is 13.2 Å². The highest BCUT2D eigenvalue weighted by Gasteiger charge is 2.16. The van der Waals surface area contributed by atoms with E-state index in [-0.39, 0.29) is 10.8 Å². The van der Waals surface area contributed by atoms with Gasteiger partial charge in [0, 0.05) is 5.56 Å². The lowest BCUT2D eigenvalue weighted by Gasteiger charge is -2.13. The molecule has 0 aromatic heterocycles. The van der Waals surface area contributed by atoms with E-state index in [1.54, 1.807) is 49.4 Å². The van der Waals surface area contributed by atoms with Crippen LogP contribution in [0.1, 0.15) is 21.5 Å². The topological polar surface area (TPSA) is 84.5 Å². The molecule has 0 bridgehead atoms. The Hall–Kier alpha value is -3.32. The van der Waals surface area contributed by atoms with Crippen molar-refractivity contribution in [3.63, 3.8) is 0 Å². The van der Waals surface area contributed by atoms with Gasteiger partial charge >= 0.3 is 0 Å². The van der Waals surface area contributed by atoms with Crippen molar-refractivity contribution < 1.29 is 17.9 Å². The first-order valence-electron chi connectivity index (χ1n) is 8.94. The number of hydrogen-bond donors (Lipinski definition) is 2. The number of carbonyl (C=O) groups excluding carboxylic acids is 1. The third-order valence-electron chi connectivity index (χ3n) is 4.39. The fraction of sp³-hybridized carbons (Fsp3) is 0.136. The molecule has 0 saturated heterocycles. The number of anilines is 2. The van der Waals surface area contributed by atoms with Crippen molar-refractivity contribution in [2.45, 2.75) is 18.7 Å². The highest BCUT2D eigenvalue weighted by molar-refractivity contribution is 7.92. The lowest BCUT2D eigenvalue weighted by molar-refractivity contribution is 0.102. The van der Waals surface area contributed by atoms with E-state index >= 15 is 0 Å². The first-order chi connectivity index (χ1) is 13.8. The molecule has 3 rings (SSSR count). The van der Waals surface area contributed by atoms with Crippen LogP contribution in [-0.4, -0.2) is 21.4 Å². The van der Waals surface area contributed by atoms with Gasteiger partial charge in [-0.25, -0.2) is 8.42 Å². The molecule has 0 aliphatic carbocycles. The summed E-state index contributed by atoms with van der Waals surface area (Å²) >= 11 is 0. The quantitative estimate of drug-likeness (QED) is 0.632. The van der Waals surface area contributed by atoms with Gasteiger partial charge in [-0.15, -0.1) is 0 Å². The molecule has 1 amide bonds. The van der Waals surface area contributed by atoms with Crippen molar-refractivity contribution in [1.82, 2.24) is 0 Å². The highest BCUT2D eigenvalue weighted by Crippen LogP contribution is 2.26. The van der Waals surface area contributed by atoms with Gasteiger partial charge in [0.15, 0.2) is 0 Å². The monoisotopic (exact) mass is 410 g/mol. The van der Waals surface area contributed by atoms with Crippen LogP contribution in [0, 0.1) is 13.8 Å². The molecule has 0 saturated carbocycles. The first-order valence-corrected chi connectivity index (χ1v) is 10.4. The van der Waals surface area contributed by atoms with Gasteiger partial charge in [-0.2, -0.15) is 0 Å². The van der Waals surface area contributed by atoms with E-state index in [1.807, 2.05) is 19.1 Å². The van der Waals surface area contributed by atoms with Gasteiger partial charge in [0.25, 0.3) is 15.9 Å². The summed E-state index contributed by atoms with van der Waals surface area (Å²) in [5.74, 6) is 0.252. The molecule has 0 heterocycles. The average molecular weight is 410 g/mol. The number of nitrogens with one attached hydrogen (secondary N) is 2. The number of sulfonamides is 1. The van der Waals surface area contributed by atoms with Gasteiger partial charge in [0.1, 0.15) is 5.75 Å². The third kappa shape index (κ3) is 4.75. The second kappa shape index (κ2) is 8.36. The summed E-state index contributed by atoms with van der Waals surface area (Å²) in [4.78, 5) is 12.8. The zero-order valence-corrected chi connectivity index (χ0v) is 17.2. The minimum absolute atomic E-state index is 0.174. The normalized spacial score (nSPS) is 11.0. The van der Waals surface area contributed by atoms with E-state index in [1.165, 1.54) is 19.2 Å². The molecule has 0 radical (unpaired) electrons. The molecule has 0 aliphatic rings. The number of rotatable bonds is 6. The molecule has 6 nitrogen and oxygen atoms in total. The smallest absolute Gasteiger partial charge is 0.261 e. The number of carbonyl (C=O) groups is 1. The van der Waals surface area contributed by atoms with E-state index in [4.69, 9.17) is 4.74 Å². The predicted octanol–water partition coefficient (Wildman–Crippen LogP) is 4.37. The maximum atomic E-state index is 12.7. The standard InChI is InChI=1S/C22H22N2O4S/c1-15-9-12-21(28-3)20(13-15)23-22(25)17-10-11-19(16(2)14-17)24-29(26,27)18-7-5-4-6-8-18/h4-14,24H,1-3H3,(H,23,25). The average Bonchev–Trinajstić information content (AvgIpc) is 2.70. The molecule has 0 spiro atoms. The molecule has 3 aromatic carbocycles. The van der Waals surface area contributed by atoms with Gasteiger partial charge in [0.2, 0.25) is 0 Å². The molecule has 0 aliphatic heterocycles. The number of ether oxygens (including phenoxy) is 1. The summed E-state index contributed by atoms with van der Waals surface area (Å²) in [5, 5.41) is 2.84. The maximum absolute atomic E-state index is 12.7. The van der Waals surface area contributed by atoms with Crippen LogP contribution >= 0.6 is 0 Å². The fourth-order valence-electron chi connectivity index (χ4n) is 2.84. The van der Waals surface area contributed by atoms with Crippen molar-refractivity contribution >= 4 is 27.3 Å². The van der Waals surface area contributed by atoms with Crippen LogP contribution in [-0.2, 0) is 10.0 Å². The minimum atomic E-state index is -3.70. The second-order valence-corrected chi connectivity index (χ2v) is 8.29. The first kappa shape index (κ1) is 20.4. The zero-order chi connectivity index (χ0) is 21.0. The van der Waals surface area contributed by atoms with Crippen molar-refractivity contribution in [3.8, 4) is 5.75 Å². The highest BCUT2D eigenvalue weighted by atomic mass is 32.2. The molecule has 150 valence electrons. The predicted molar refractivity (Wildman–Crippen MR) is 114 cm³/mol. The van der Waals surface area contributed by atoms with Crippen LogP contribution < -0.4 is 14.8 Å². The summed E-state index contributed by atoms with van der Waals surface area (Å²) in [6, 6.07) is 18.4. The van der Waals surface area contributed by atoms with Crippen molar-refractivity contribution in [1.29, 1.82) is 0 Å².